The van der Waals surface area contributed by atoms with Crippen molar-refractivity contribution >= 4 is 11.6 Å². The van der Waals surface area contributed by atoms with Crippen molar-refractivity contribution in [1.82, 2.24) is 9.97 Å². The fourth-order valence-electron chi connectivity index (χ4n) is 1.80. The van der Waals surface area contributed by atoms with E-state index in [1.807, 2.05) is 0 Å². The summed E-state index contributed by atoms with van der Waals surface area (Å²) < 4.78 is 10.4. The fraction of sp³-hybridized carbons (Fsp3) is 0.231. The number of benzene rings is 1. The van der Waals surface area contributed by atoms with E-state index in [9.17, 15) is 4.79 Å². The van der Waals surface area contributed by atoms with E-state index >= 15 is 0 Å². The van der Waals surface area contributed by atoms with Crippen LogP contribution in [-0.2, 0) is 6.54 Å². The Bertz CT molecular complexity index is 685. The van der Waals surface area contributed by atoms with Gasteiger partial charge in [-0.1, -0.05) is 11.6 Å². The Morgan fingerprint density at radius 3 is 2.65 bits per heavy atom. The highest BCUT2D eigenvalue weighted by molar-refractivity contribution is 6.32. The van der Waals surface area contributed by atoms with Crippen LogP contribution in [0.4, 0.5) is 0 Å². The molecule has 7 heteroatoms. The van der Waals surface area contributed by atoms with Crippen LogP contribution in [0.25, 0.3) is 11.4 Å². The zero-order valence-corrected chi connectivity index (χ0v) is 11.8. The molecule has 0 amide bonds. The van der Waals surface area contributed by atoms with Gasteiger partial charge in [-0.2, -0.15) is 0 Å². The molecule has 0 bridgehead atoms. The predicted molar refractivity (Wildman–Crippen MR) is 76.3 cm³/mol. The second-order valence-electron chi connectivity index (χ2n) is 3.98. The summed E-state index contributed by atoms with van der Waals surface area (Å²) in [4.78, 5) is 18.5. The van der Waals surface area contributed by atoms with E-state index < -0.39 is 0 Å². The van der Waals surface area contributed by atoms with Gasteiger partial charge >= 0.3 is 0 Å². The van der Waals surface area contributed by atoms with E-state index in [1.54, 1.807) is 12.1 Å². The molecule has 1 aromatic carbocycles. The normalized spacial score (nSPS) is 10.4. The minimum absolute atomic E-state index is 0.179. The first-order valence-corrected chi connectivity index (χ1v) is 6.19. The molecule has 3 N–H and O–H groups in total. The number of ether oxygens (including phenoxy) is 2. The number of aromatic nitrogens is 2. The molecule has 2 rings (SSSR count). The first-order chi connectivity index (χ1) is 9.58. The van der Waals surface area contributed by atoms with Gasteiger partial charge in [0.05, 0.1) is 24.9 Å². The quantitative estimate of drug-likeness (QED) is 0.893. The number of hydrogen-bond acceptors (Lipinski definition) is 5. The van der Waals surface area contributed by atoms with Gasteiger partial charge in [0.25, 0.3) is 5.56 Å². The summed E-state index contributed by atoms with van der Waals surface area (Å²) in [7, 11) is 3.00. The van der Waals surface area contributed by atoms with Crippen molar-refractivity contribution in [1.29, 1.82) is 0 Å². The number of nitrogens with two attached hydrogens (primary N) is 1. The van der Waals surface area contributed by atoms with Crippen molar-refractivity contribution in [3.8, 4) is 22.9 Å². The highest BCUT2D eigenvalue weighted by Crippen LogP contribution is 2.38. The van der Waals surface area contributed by atoms with Gasteiger partial charge < -0.3 is 20.2 Å². The Balaban J connectivity index is 2.61. The number of halogens is 1. The van der Waals surface area contributed by atoms with Gasteiger partial charge in [0.1, 0.15) is 5.82 Å². The van der Waals surface area contributed by atoms with Crippen molar-refractivity contribution in [3.05, 3.63) is 39.3 Å². The van der Waals surface area contributed by atoms with Crippen LogP contribution in [-0.4, -0.2) is 24.2 Å². The largest absolute Gasteiger partial charge is 0.493 e. The summed E-state index contributed by atoms with van der Waals surface area (Å²) in [5.74, 6) is 1.26. The molecule has 0 aliphatic rings. The molecular weight excluding hydrogens is 282 g/mol. The molecule has 0 unspecified atom stereocenters. The highest BCUT2D eigenvalue weighted by atomic mass is 35.5. The lowest BCUT2D eigenvalue weighted by molar-refractivity contribution is 0.355. The topological polar surface area (TPSA) is 90.2 Å². The molecule has 0 fully saturated rings. The predicted octanol–water partition coefficient (Wildman–Crippen LogP) is 1.57. The molecule has 6 nitrogen and oxygen atoms in total. The van der Waals surface area contributed by atoms with Gasteiger partial charge in [0, 0.05) is 18.2 Å². The van der Waals surface area contributed by atoms with Crippen molar-refractivity contribution < 1.29 is 9.47 Å². The van der Waals surface area contributed by atoms with Gasteiger partial charge in [-0.15, -0.1) is 0 Å². The number of methoxy groups -OCH3 is 2. The average Bonchev–Trinajstić information content (AvgIpc) is 2.45. The lowest BCUT2D eigenvalue weighted by atomic mass is 10.2. The van der Waals surface area contributed by atoms with Gasteiger partial charge in [0.2, 0.25) is 0 Å². The molecule has 1 aromatic heterocycles. The number of nitrogens with zero attached hydrogens (tertiary/aromatic N) is 1. The maximum atomic E-state index is 11.6. The second-order valence-corrected chi connectivity index (χ2v) is 4.39. The lowest BCUT2D eigenvalue weighted by Crippen LogP contribution is -2.12. The van der Waals surface area contributed by atoms with Crippen LogP contribution in [0.3, 0.4) is 0 Å². The van der Waals surface area contributed by atoms with Crippen LogP contribution in [0.5, 0.6) is 11.5 Å². The minimum Gasteiger partial charge on any atom is -0.493 e. The Hall–Kier alpha value is -2.05. The third-order valence-corrected chi connectivity index (χ3v) is 2.99. The Labute approximate surface area is 120 Å². The van der Waals surface area contributed by atoms with Gasteiger partial charge in [-0.05, 0) is 12.1 Å². The summed E-state index contributed by atoms with van der Waals surface area (Å²) in [6.07, 6.45) is 0. The molecule has 0 radical (unpaired) electrons. The molecule has 0 aliphatic carbocycles. The summed E-state index contributed by atoms with van der Waals surface area (Å²) >= 11 is 6.13. The standard InChI is InChI=1S/C13H14ClN3O3/c1-19-10-4-7(3-9(14)12(10)20-2)13-16-8(6-15)5-11(18)17-13/h3-5H,6,15H2,1-2H3,(H,16,17,18). The van der Waals surface area contributed by atoms with E-state index in [0.717, 1.165) is 0 Å². The van der Waals surface area contributed by atoms with Crippen LogP contribution in [0.2, 0.25) is 5.02 Å². The SMILES string of the molecule is COc1cc(-c2nc(CN)cc(=O)[nH]2)cc(Cl)c1OC. The maximum absolute atomic E-state index is 11.6. The van der Waals surface area contributed by atoms with Crippen molar-refractivity contribution in [3.63, 3.8) is 0 Å². The fourth-order valence-corrected chi connectivity index (χ4v) is 2.09. The summed E-state index contributed by atoms with van der Waals surface area (Å²) in [6.45, 7) is 0.179. The molecule has 0 saturated carbocycles. The molecular formula is C13H14ClN3O3. The van der Waals surface area contributed by atoms with Crippen molar-refractivity contribution in [2.75, 3.05) is 14.2 Å². The average molecular weight is 296 g/mol. The molecule has 20 heavy (non-hydrogen) atoms. The smallest absolute Gasteiger partial charge is 0.251 e. The summed E-state index contributed by atoms with van der Waals surface area (Å²) in [6, 6.07) is 4.68. The molecule has 0 saturated heterocycles. The zero-order valence-electron chi connectivity index (χ0n) is 11.1. The van der Waals surface area contributed by atoms with Crippen molar-refractivity contribution in [2.45, 2.75) is 6.54 Å². The number of rotatable bonds is 4. The number of H-pyrrole nitrogens is 1. The van der Waals surface area contributed by atoms with E-state index in [4.69, 9.17) is 26.8 Å². The Morgan fingerprint density at radius 1 is 1.30 bits per heavy atom. The van der Waals surface area contributed by atoms with E-state index in [2.05, 4.69) is 9.97 Å². The Morgan fingerprint density at radius 2 is 2.05 bits per heavy atom. The van der Waals surface area contributed by atoms with Crippen LogP contribution >= 0.6 is 11.6 Å². The number of hydrogen-bond donors (Lipinski definition) is 2. The maximum Gasteiger partial charge on any atom is 0.251 e. The van der Waals surface area contributed by atoms with Crippen LogP contribution in [0.1, 0.15) is 5.69 Å². The minimum atomic E-state index is -0.277. The van der Waals surface area contributed by atoms with Gasteiger partial charge in [-0.25, -0.2) is 4.98 Å². The van der Waals surface area contributed by atoms with Crippen LogP contribution in [0.15, 0.2) is 23.0 Å². The van der Waals surface area contributed by atoms with Crippen LogP contribution < -0.4 is 20.8 Å². The first-order valence-electron chi connectivity index (χ1n) is 5.81. The summed E-state index contributed by atoms with van der Waals surface area (Å²) in [5, 5.41) is 0.364. The monoisotopic (exact) mass is 295 g/mol. The lowest BCUT2D eigenvalue weighted by Gasteiger charge is -2.11. The third-order valence-electron chi connectivity index (χ3n) is 2.71. The first kappa shape index (κ1) is 14.4. The van der Waals surface area contributed by atoms with E-state index in [0.29, 0.717) is 33.6 Å². The molecule has 0 spiro atoms. The summed E-state index contributed by atoms with van der Waals surface area (Å²) in [5.41, 5.74) is 6.34. The Kier molecular flexibility index (Phi) is 4.26. The zero-order chi connectivity index (χ0) is 14.7. The molecule has 0 aliphatic heterocycles. The van der Waals surface area contributed by atoms with Gasteiger partial charge in [0.15, 0.2) is 11.5 Å². The number of aromatic amines is 1. The van der Waals surface area contributed by atoms with Crippen LogP contribution in [0, 0.1) is 0 Å². The molecule has 2 aromatic rings. The number of nitrogens with one attached hydrogen (secondary N) is 1. The molecule has 0 atom stereocenters. The molecule has 1 heterocycles. The third kappa shape index (κ3) is 2.76. The highest BCUT2D eigenvalue weighted by Gasteiger charge is 2.13. The van der Waals surface area contributed by atoms with E-state index in [1.165, 1.54) is 20.3 Å². The van der Waals surface area contributed by atoms with Gasteiger partial charge in [-0.3, -0.25) is 4.79 Å². The second kappa shape index (κ2) is 5.94. The molecule has 106 valence electrons. The van der Waals surface area contributed by atoms with E-state index in [-0.39, 0.29) is 12.1 Å². The van der Waals surface area contributed by atoms with Crippen molar-refractivity contribution in [2.24, 2.45) is 5.73 Å².